The Bertz CT molecular complexity index is 358. The minimum absolute atomic E-state index is 0.162. The SMILES string of the molecule is Nc1cccc(C(=O)CCNC2CC2)c1. The molecule has 3 nitrogen and oxygen atoms in total. The van der Waals surface area contributed by atoms with Gasteiger partial charge < -0.3 is 11.1 Å². The normalized spacial score (nSPS) is 15.2. The van der Waals surface area contributed by atoms with Gasteiger partial charge in [-0.05, 0) is 25.0 Å². The number of anilines is 1. The molecular weight excluding hydrogens is 188 g/mol. The van der Waals surface area contributed by atoms with E-state index in [9.17, 15) is 4.79 Å². The number of hydrogen-bond donors (Lipinski definition) is 2. The van der Waals surface area contributed by atoms with Gasteiger partial charge in [0.2, 0.25) is 0 Å². The Hall–Kier alpha value is -1.35. The molecule has 1 aromatic rings. The number of nitrogens with one attached hydrogen (secondary N) is 1. The van der Waals surface area contributed by atoms with Gasteiger partial charge in [-0.2, -0.15) is 0 Å². The topological polar surface area (TPSA) is 55.1 Å². The molecule has 3 heteroatoms. The third kappa shape index (κ3) is 3.06. The fourth-order valence-corrected chi connectivity index (χ4v) is 1.53. The lowest BCUT2D eigenvalue weighted by Gasteiger charge is -2.03. The zero-order valence-corrected chi connectivity index (χ0v) is 8.70. The van der Waals surface area contributed by atoms with Crippen LogP contribution in [0.15, 0.2) is 24.3 Å². The van der Waals surface area contributed by atoms with Gasteiger partial charge in [0.1, 0.15) is 0 Å². The molecule has 0 heterocycles. The van der Waals surface area contributed by atoms with Crippen LogP contribution in [0.1, 0.15) is 29.6 Å². The third-order valence-corrected chi connectivity index (χ3v) is 2.57. The van der Waals surface area contributed by atoms with E-state index in [0.717, 1.165) is 6.54 Å². The highest BCUT2D eigenvalue weighted by molar-refractivity contribution is 5.96. The first kappa shape index (κ1) is 10.2. The highest BCUT2D eigenvalue weighted by Crippen LogP contribution is 2.18. The van der Waals surface area contributed by atoms with E-state index in [0.29, 0.717) is 23.7 Å². The van der Waals surface area contributed by atoms with Crippen LogP contribution in [0.25, 0.3) is 0 Å². The van der Waals surface area contributed by atoms with Crippen LogP contribution in [0, 0.1) is 0 Å². The summed E-state index contributed by atoms with van der Waals surface area (Å²) >= 11 is 0. The molecular formula is C12H16N2O. The first-order valence-electron chi connectivity index (χ1n) is 5.38. The van der Waals surface area contributed by atoms with Crippen LogP contribution < -0.4 is 11.1 Å². The van der Waals surface area contributed by atoms with E-state index in [4.69, 9.17) is 5.73 Å². The smallest absolute Gasteiger partial charge is 0.164 e. The van der Waals surface area contributed by atoms with E-state index >= 15 is 0 Å². The molecule has 15 heavy (non-hydrogen) atoms. The second-order valence-corrected chi connectivity index (χ2v) is 4.03. The summed E-state index contributed by atoms with van der Waals surface area (Å²) in [5.41, 5.74) is 6.98. The van der Waals surface area contributed by atoms with Crippen molar-refractivity contribution < 1.29 is 4.79 Å². The molecule has 0 amide bonds. The van der Waals surface area contributed by atoms with E-state index in [1.54, 1.807) is 12.1 Å². The van der Waals surface area contributed by atoms with Crippen molar-refractivity contribution in [3.05, 3.63) is 29.8 Å². The molecule has 0 radical (unpaired) electrons. The molecule has 1 aliphatic carbocycles. The highest BCUT2D eigenvalue weighted by Gasteiger charge is 2.20. The van der Waals surface area contributed by atoms with Gasteiger partial charge >= 0.3 is 0 Å². The number of rotatable bonds is 5. The molecule has 1 fully saturated rings. The van der Waals surface area contributed by atoms with Crippen LogP contribution in [0.2, 0.25) is 0 Å². The Labute approximate surface area is 89.7 Å². The predicted molar refractivity (Wildman–Crippen MR) is 60.8 cm³/mol. The van der Waals surface area contributed by atoms with E-state index in [1.807, 2.05) is 12.1 Å². The number of nitrogen functional groups attached to an aromatic ring is 1. The summed E-state index contributed by atoms with van der Waals surface area (Å²) in [6.07, 6.45) is 3.07. The van der Waals surface area contributed by atoms with Gasteiger partial charge in [0.05, 0.1) is 0 Å². The number of ketones is 1. The average Bonchev–Trinajstić information content (AvgIpc) is 3.01. The molecule has 0 atom stereocenters. The van der Waals surface area contributed by atoms with Gasteiger partial charge in [-0.15, -0.1) is 0 Å². The number of hydrogen-bond acceptors (Lipinski definition) is 3. The van der Waals surface area contributed by atoms with Crippen LogP contribution in [0.5, 0.6) is 0 Å². The Kier molecular flexibility index (Phi) is 3.02. The van der Waals surface area contributed by atoms with Gasteiger partial charge in [-0.3, -0.25) is 4.79 Å². The van der Waals surface area contributed by atoms with Crippen molar-refractivity contribution in [1.29, 1.82) is 0 Å². The van der Waals surface area contributed by atoms with Crippen molar-refractivity contribution in [2.75, 3.05) is 12.3 Å². The molecule has 0 unspecified atom stereocenters. The van der Waals surface area contributed by atoms with Crippen LogP contribution in [-0.4, -0.2) is 18.4 Å². The van der Waals surface area contributed by atoms with E-state index in [-0.39, 0.29) is 5.78 Å². The van der Waals surface area contributed by atoms with Crippen LogP contribution in [0.4, 0.5) is 5.69 Å². The van der Waals surface area contributed by atoms with E-state index < -0.39 is 0 Å². The van der Waals surface area contributed by atoms with E-state index in [2.05, 4.69) is 5.32 Å². The second kappa shape index (κ2) is 4.45. The highest BCUT2D eigenvalue weighted by atomic mass is 16.1. The molecule has 2 rings (SSSR count). The Morgan fingerprint density at radius 1 is 1.47 bits per heavy atom. The lowest BCUT2D eigenvalue weighted by atomic mass is 10.1. The number of carbonyl (C=O) groups is 1. The maximum absolute atomic E-state index is 11.7. The first-order valence-corrected chi connectivity index (χ1v) is 5.38. The molecule has 3 N–H and O–H groups in total. The van der Waals surface area contributed by atoms with Crippen LogP contribution >= 0.6 is 0 Å². The van der Waals surface area contributed by atoms with Crippen LogP contribution in [0.3, 0.4) is 0 Å². The van der Waals surface area contributed by atoms with Crippen molar-refractivity contribution in [1.82, 2.24) is 5.32 Å². The molecule has 0 bridgehead atoms. The third-order valence-electron chi connectivity index (χ3n) is 2.57. The van der Waals surface area contributed by atoms with Crippen LogP contribution in [-0.2, 0) is 0 Å². The zero-order valence-electron chi connectivity index (χ0n) is 8.70. The summed E-state index contributed by atoms with van der Waals surface area (Å²) in [5, 5.41) is 3.32. The summed E-state index contributed by atoms with van der Waals surface area (Å²) in [6.45, 7) is 0.776. The van der Waals surface area contributed by atoms with Gasteiger partial charge in [0.25, 0.3) is 0 Å². The molecule has 1 saturated carbocycles. The molecule has 0 aliphatic heterocycles. The second-order valence-electron chi connectivity index (χ2n) is 4.03. The molecule has 0 saturated heterocycles. The fourth-order valence-electron chi connectivity index (χ4n) is 1.53. The van der Waals surface area contributed by atoms with Crippen molar-refractivity contribution >= 4 is 11.5 Å². The molecule has 0 spiro atoms. The lowest BCUT2D eigenvalue weighted by molar-refractivity contribution is 0.0982. The summed E-state index contributed by atoms with van der Waals surface area (Å²) in [6, 6.07) is 7.82. The maximum Gasteiger partial charge on any atom is 0.164 e. The molecule has 1 aromatic carbocycles. The number of benzene rings is 1. The van der Waals surface area contributed by atoms with Crippen molar-refractivity contribution in [2.24, 2.45) is 0 Å². The maximum atomic E-state index is 11.7. The summed E-state index contributed by atoms with van der Waals surface area (Å²) in [7, 11) is 0. The van der Waals surface area contributed by atoms with Gasteiger partial charge in [0.15, 0.2) is 5.78 Å². The Morgan fingerprint density at radius 2 is 2.27 bits per heavy atom. The number of Topliss-reactive ketones (excluding diaryl/α,β-unsaturated/α-hetero) is 1. The minimum Gasteiger partial charge on any atom is -0.399 e. The predicted octanol–water partition coefficient (Wildman–Crippen LogP) is 1.59. The molecule has 1 aliphatic rings. The van der Waals surface area contributed by atoms with Gasteiger partial charge in [0, 0.05) is 30.3 Å². The van der Waals surface area contributed by atoms with Crippen molar-refractivity contribution in [2.45, 2.75) is 25.3 Å². The largest absolute Gasteiger partial charge is 0.399 e. The standard InChI is InChI=1S/C12H16N2O/c13-10-3-1-2-9(8-10)12(15)6-7-14-11-4-5-11/h1-3,8,11,14H,4-7,13H2. The quantitative estimate of drug-likeness (QED) is 0.565. The summed E-state index contributed by atoms with van der Waals surface area (Å²) < 4.78 is 0. The number of nitrogens with two attached hydrogens (primary N) is 1. The van der Waals surface area contributed by atoms with Gasteiger partial charge in [-0.25, -0.2) is 0 Å². The summed E-state index contributed by atoms with van der Waals surface area (Å²) in [4.78, 5) is 11.7. The monoisotopic (exact) mass is 204 g/mol. The minimum atomic E-state index is 0.162. The summed E-state index contributed by atoms with van der Waals surface area (Å²) in [5.74, 6) is 0.162. The Balaban J connectivity index is 1.83. The Morgan fingerprint density at radius 3 is 2.93 bits per heavy atom. The van der Waals surface area contributed by atoms with Crippen molar-refractivity contribution in [3.63, 3.8) is 0 Å². The van der Waals surface area contributed by atoms with Crippen molar-refractivity contribution in [3.8, 4) is 0 Å². The molecule has 80 valence electrons. The first-order chi connectivity index (χ1) is 7.25. The van der Waals surface area contributed by atoms with Gasteiger partial charge in [-0.1, -0.05) is 12.1 Å². The zero-order chi connectivity index (χ0) is 10.7. The fraction of sp³-hybridized carbons (Fsp3) is 0.417. The lowest BCUT2D eigenvalue weighted by Crippen LogP contribution is -2.20. The average molecular weight is 204 g/mol. The van der Waals surface area contributed by atoms with E-state index in [1.165, 1.54) is 12.8 Å². The number of carbonyl (C=O) groups excluding carboxylic acids is 1. The molecule has 0 aromatic heterocycles.